The van der Waals surface area contributed by atoms with Crippen LogP contribution in [0.25, 0.3) is 5.78 Å². The van der Waals surface area contributed by atoms with Gasteiger partial charge >= 0.3 is 6.03 Å². The van der Waals surface area contributed by atoms with Crippen LogP contribution in [0.1, 0.15) is 18.3 Å². The molecule has 0 aliphatic heterocycles. The fraction of sp³-hybridized carbons (Fsp3) is 0.364. The van der Waals surface area contributed by atoms with E-state index in [9.17, 15) is 9.59 Å². The fourth-order valence-electron chi connectivity index (χ4n) is 1.63. The summed E-state index contributed by atoms with van der Waals surface area (Å²) in [5.41, 5.74) is 6.65. The molecule has 8 nitrogen and oxygen atoms in total. The Morgan fingerprint density at radius 1 is 1.40 bits per heavy atom. The van der Waals surface area contributed by atoms with Crippen LogP contribution in [-0.4, -0.2) is 36.8 Å². The number of urea groups is 1. The van der Waals surface area contributed by atoms with Crippen LogP contribution in [0.5, 0.6) is 0 Å². The van der Waals surface area contributed by atoms with Crippen LogP contribution in [0, 0.1) is 13.8 Å². The summed E-state index contributed by atoms with van der Waals surface area (Å²) < 4.78 is 1.61. The van der Waals surface area contributed by atoms with Gasteiger partial charge in [-0.3, -0.25) is 10.1 Å². The number of nitrogens with zero attached hydrogens (tertiary/aromatic N) is 4. The van der Waals surface area contributed by atoms with Crippen molar-refractivity contribution in [1.29, 1.82) is 0 Å². The van der Waals surface area contributed by atoms with Crippen LogP contribution >= 0.6 is 11.8 Å². The second-order valence-corrected chi connectivity index (χ2v) is 5.57. The average molecular weight is 294 g/mol. The lowest BCUT2D eigenvalue weighted by Gasteiger charge is -2.06. The van der Waals surface area contributed by atoms with E-state index < -0.39 is 17.2 Å². The maximum absolute atomic E-state index is 11.6. The van der Waals surface area contributed by atoms with Gasteiger partial charge in [-0.2, -0.15) is 4.98 Å². The molecule has 2 heterocycles. The minimum atomic E-state index is -0.876. The monoisotopic (exact) mass is 294 g/mol. The normalized spacial score (nSPS) is 12.3. The molecule has 3 amide bonds. The first-order valence-corrected chi connectivity index (χ1v) is 6.73. The van der Waals surface area contributed by atoms with Crippen LogP contribution < -0.4 is 11.1 Å². The molecule has 0 saturated heterocycles. The third-order valence-corrected chi connectivity index (χ3v) is 3.45. The van der Waals surface area contributed by atoms with Crippen molar-refractivity contribution in [3.05, 3.63) is 17.5 Å². The van der Waals surface area contributed by atoms with Gasteiger partial charge in [-0.15, -0.1) is 5.10 Å². The topological polar surface area (TPSA) is 115 Å². The molecule has 20 heavy (non-hydrogen) atoms. The number of primary amides is 1. The Kier molecular flexibility index (Phi) is 3.89. The Hall–Kier alpha value is -2.16. The summed E-state index contributed by atoms with van der Waals surface area (Å²) in [6, 6.07) is 1.01. The van der Waals surface area contributed by atoms with Crippen molar-refractivity contribution in [3.63, 3.8) is 0 Å². The molecule has 2 aromatic rings. The third-order valence-electron chi connectivity index (χ3n) is 2.50. The number of rotatable bonds is 3. The van der Waals surface area contributed by atoms with E-state index in [2.05, 4.69) is 15.1 Å². The zero-order valence-corrected chi connectivity index (χ0v) is 12.1. The maximum atomic E-state index is 11.6. The molecular weight excluding hydrogens is 280 g/mol. The number of amides is 3. The highest BCUT2D eigenvalue weighted by atomic mass is 32.2. The first kappa shape index (κ1) is 14.3. The van der Waals surface area contributed by atoms with E-state index in [0.717, 1.165) is 23.1 Å². The van der Waals surface area contributed by atoms with Crippen LogP contribution in [0.3, 0.4) is 0 Å². The fourth-order valence-corrected chi connectivity index (χ4v) is 2.38. The number of aryl methyl sites for hydroxylation is 2. The number of nitrogens with two attached hydrogens (primary N) is 1. The minimum absolute atomic E-state index is 0.415. The van der Waals surface area contributed by atoms with Crippen LogP contribution in [0.4, 0.5) is 4.79 Å². The molecule has 0 fully saturated rings. The molecule has 0 aromatic carbocycles. The lowest BCUT2D eigenvalue weighted by molar-refractivity contribution is -0.119. The van der Waals surface area contributed by atoms with Crippen molar-refractivity contribution < 1.29 is 9.59 Å². The molecule has 0 aliphatic rings. The summed E-state index contributed by atoms with van der Waals surface area (Å²) >= 11 is 1.13. The van der Waals surface area contributed by atoms with Gasteiger partial charge in [-0.25, -0.2) is 14.3 Å². The number of carbonyl (C=O) groups is 2. The van der Waals surface area contributed by atoms with E-state index in [1.807, 2.05) is 25.2 Å². The first-order valence-electron chi connectivity index (χ1n) is 5.85. The first-order chi connectivity index (χ1) is 9.36. The number of nitrogens with one attached hydrogen (secondary N) is 1. The second kappa shape index (κ2) is 5.45. The quantitative estimate of drug-likeness (QED) is 0.792. The molecule has 2 aromatic heterocycles. The molecule has 0 radical (unpaired) electrons. The average Bonchev–Trinajstić information content (AvgIpc) is 2.70. The van der Waals surface area contributed by atoms with E-state index in [1.165, 1.54) is 0 Å². The zero-order valence-electron chi connectivity index (χ0n) is 11.2. The van der Waals surface area contributed by atoms with Gasteiger partial charge in [0, 0.05) is 11.4 Å². The summed E-state index contributed by atoms with van der Waals surface area (Å²) in [7, 11) is 0. The number of aromatic nitrogens is 4. The molecule has 0 aliphatic carbocycles. The summed E-state index contributed by atoms with van der Waals surface area (Å²) in [6.45, 7) is 5.41. The van der Waals surface area contributed by atoms with Gasteiger partial charge < -0.3 is 5.73 Å². The van der Waals surface area contributed by atoms with Crippen LogP contribution in [-0.2, 0) is 4.79 Å². The number of imide groups is 1. The standard InChI is InChI=1S/C11H14N6O2S/c1-5-4-6(2)17-10(13-5)15-11(16-17)20-7(3)8(18)14-9(12)19/h4,7H,1-3H3,(H3,12,14,18,19). The molecular formula is C11H14N6O2S. The summed E-state index contributed by atoms with van der Waals surface area (Å²) in [4.78, 5) is 30.7. The molecule has 2 rings (SSSR count). The van der Waals surface area contributed by atoms with Gasteiger partial charge in [0.2, 0.25) is 11.1 Å². The SMILES string of the molecule is Cc1cc(C)n2nc(SC(C)C(=O)NC(N)=O)nc2n1. The highest BCUT2D eigenvalue weighted by molar-refractivity contribution is 8.00. The molecule has 0 saturated carbocycles. The van der Waals surface area contributed by atoms with Crippen molar-refractivity contribution >= 4 is 29.5 Å². The second-order valence-electron chi connectivity index (χ2n) is 4.26. The van der Waals surface area contributed by atoms with E-state index in [1.54, 1.807) is 11.4 Å². The summed E-state index contributed by atoms with van der Waals surface area (Å²) in [5.74, 6) is -0.00488. The summed E-state index contributed by atoms with van der Waals surface area (Å²) in [6.07, 6.45) is 0. The predicted molar refractivity (Wildman–Crippen MR) is 73.3 cm³/mol. The molecule has 0 spiro atoms. The van der Waals surface area contributed by atoms with E-state index in [0.29, 0.717) is 10.9 Å². The summed E-state index contributed by atoms with van der Waals surface area (Å²) in [5, 5.41) is 6.16. The molecule has 9 heteroatoms. The lowest BCUT2D eigenvalue weighted by atomic mass is 10.4. The molecule has 1 unspecified atom stereocenters. The van der Waals surface area contributed by atoms with E-state index >= 15 is 0 Å². The van der Waals surface area contributed by atoms with Crippen molar-refractivity contribution in [2.45, 2.75) is 31.2 Å². The number of hydrogen-bond acceptors (Lipinski definition) is 6. The van der Waals surface area contributed by atoms with Crippen LogP contribution in [0.2, 0.25) is 0 Å². The smallest absolute Gasteiger partial charge is 0.318 e. The Morgan fingerprint density at radius 2 is 2.10 bits per heavy atom. The Bertz CT molecular complexity index is 683. The van der Waals surface area contributed by atoms with Gasteiger partial charge in [0.05, 0.1) is 5.25 Å². The van der Waals surface area contributed by atoms with Crippen molar-refractivity contribution in [1.82, 2.24) is 24.9 Å². The number of fused-ring (bicyclic) bond motifs is 1. The third kappa shape index (κ3) is 3.05. The van der Waals surface area contributed by atoms with Gasteiger partial charge in [0.1, 0.15) is 0 Å². The van der Waals surface area contributed by atoms with Crippen molar-refractivity contribution in [2.24, 2.45) is 5.73 Å². The Morgan fingerprint density at radius 3 is 2.75 bits per heavy atom. The molecule has 106 valence electrons. The van der Waals surface area contributed by atoms with Crippen molar-refractivity contribution in [2.75, 3.05) is 0 Å². The maximum Gasteiger partial charge on any atom is 0.318 e. The largest absolute Gasteiger partial charge is 0.351 e. The number of hydrogen-bond donors (Lipinski definition) is 2. The molecule has 1 atom stereocenters. The highest BCUT2D eigenvalue weighted by Crippen LogP contribution is 2.20. The molecule has 3 N–H and O–H groups in total. The van der Waals surface area contributed by atoms with Gasteiger partial charge in [-0.05, 0) is 26.8 Å². The Labute approximate surface area is 119 Å². The predicted octanol–water partition coefficient (Wildman–Crippen LogP) is 0.417. The Balaban J connectivity index is 2.20. The highest BCUT2D eigenvalue weighted by Gasteiger charge is 2.19. The van der Waals surface area contributed by atoms with Gasteiger partial charge in [0.15, 0.2) is 0 Å². The lowest BCUT2D eigenvalue weighted by Crippen LogP contribution is -2.39. The van der Waals surface area contributed by atoms with Crippen LogP contribution in [0.15, 0.2) is 11.2 Å². The minimum Gasteiger partial charge on any atom is -0.351 e. The number of thioether (sulfide) groups is 1. The number of carbonyl (C=O) groups excluding carboxylic acids is 2. The van der Waals surface area contributed by atoms with Crippen molar-refractivity contribution in [3.8, 4) is 0 Å². The van der Waals surface area contributed by atoms with E-state index in [-0.39, 0.29) is 0 Å². The zero-order chi connectivity index (χ0) is 14.9. The molecule has 0 bridgehead atoms. The van der Waals surface area contributed by atoms with E-state index in [4.69, 9.17) is 5.73 Å². The van der Waals surface area contributed by atoms with Gasteiger partial charge in [0.25, 0.3) is 5.78 Å². The van der Waals surface area contributed by atoms with Gasteiger partial charge in [-0.1, -0.05) is 11.8 Å².